The summed E-state index contributed by atoms with van der Waals surface area (Å²) in [6.45, 7) is 9.93. The molecule has 5 nitrogen and oxygen atoms in total. The largest absolute Gasteiger partial charge is 0.308 e. The van der Waals surface area contributed by atoms with Crippen molar-refractivity contribution >= 4 is 0 Å². The van der Waals surface area contributed by atoms with Crippen LogP contribution in [0.4, 0.5) is 0 Å². The molecule has 1 fully saturated rings. The van der Waals surface area contributed by atoms with E-state index in [1.807, 2.05) is 13.2 Å². The van der Waals surface area contributed by atoms with Crippen LogP contribution in [-0.4, -0.2) is 44.6 Å². The predicted molar refractivity (Wildman–Crippen MR) is 76.8 cm³/mol. The number of aromatic nitrogens is 3. The number of rotatable bonds is 5. The molecule has 0 amide bonds. The highest BCUT2D eigenvalue weighted by Crippen LogP contribution is 2.24. The lowest BCUT2D eigenvalue weighted by Crippen LogP contribution is -2.63. The second kappa shape index (κ2) is 6.01. The van der Waals surface area contributed by atoms with Crippen LogP contribution >= 0.6 is 0 Å². The first-order valence-electron chi connectivity index (χ1n) is 7.46. The van der Waals surface area contributed by atoms with Gasteiger partial charge in [0.2, 0.25) is 0 Å². The summed E-state index contributed by atoms with van der Waals surface area (Å²) in [4.78, 5) is 2.58. The molecule has 0 saturated carbocycles. The van der Waals surface area contributed by atoms with Gasteiger partial charge in [-0.05, 0) is 19.3 Å². The molecule has 19 heavy (non-hydrogen) atoms. The smallest absolute Gasteiger partial charge is 0.0967 e. The van der Waals surface area contributed by atoms with Crippen molar-refractivity contribution in [3.63, 3.8) is 0 Å². The average molecular weight is 265 g/mol. The monoisotopic (exact) mass is 265 g/mol. The molecule has 1 saturated heterocycles. The highest BCUT2D eigenvalue weighted by atomic mass is 15.4. The van der Waals surface area contributed by atoms with Gasteiger partial charge in [-0.15, -0.1) is 5.10 Å². The molecule has 2 rings (SSSR count). The highest BCUT2D eigenvalue weighted by molar-refractivity contribution is 5.00. The lowest BCUT2D eigenvalue weighted by Gasteiger charge is -2.47. The molecular weight excluding hydrogens is 238 g/mol. The summed E-state index contributed by atoms with van der Waals surface area (Å²) >= 11 is 0. The fraction of sp³-hybridized carbons (Fsp3) is 0.857. The van der Waals surface area contributed by atoms with E-state index in [0.29, 0.717) is 6.04 Å². The minimum absolute atomic E-state index is 0.272. The second-order valence-corrected chi connectivity index (χ2v) is 5.72. The first kappa shape index (κ1) is 14.5. The Bertz CT molecular complexity index is 396. The molecule has 108 valence electrons. The Kier molecular flexibility index (Phi) is 4.58. The van der Waals surface area contributed by atoms with Crippen LogP contribution in [0, 0.1) is 0 Å². The molecular formula is C14H27N5. The van der Waals surface area contributed by atoms with Gasteiger partial charge in [0.15, 0.2) is 0 Å². The van der Waals surface area contributed by atoms with Crippen molar-refractivity contribution in [2.24, 2.45) is 7.05 Å². The van der Waals surface area contributed by atoms with Gasteiger partial charge in [-0.3, -0.25) is 9.58 Å². The van der Waals surface area contributed by atoms with Crippen molar-refractivity contribution in [1.29, 1.82) is 0 Å². The maximum Gasteiger partial charge on any atom is 0.0967 e. The van der Waals surface area contributed by atoms with Gasteiger partial charge in [0.1, 0.15) is 0 Å². The van der Waals surface area contributed by atoms with E-state index >= 15 is 0 Å². The molecule has 1 aromatic rings. The van der Waals surface area contributed by atoms with E-state index in [-0.39, 0.29) is 5.54 Å². The van der Waals surface area contributed by atoms with Crippen LogP contribution in [0.3, 0.4) is 0 Å². The number of hydrogen-bond acceptors (Lipinski definition) is 4. The molecule has 1 atom stereocenters. The summed E-state index contributed by atoms with van der Waals surface area (Å²) in [5, 5.41) is 12.0. The van der Waals surface area contributed by atoms with E-state index in [1.54, 1.807) is 4.68 Å². The fourth-order valence-electron chi connectivity index (χ4n) is 3.02. The molecule has 0 bridgehead atoms. The van der Waals surface area contributed by atoms with Gasteiger partial charge < -0.3 is 5.32 Å². The summed E-state index contributed by atoms with van der Waals surface area (Å²) in [7, 11) is 1.92. The first-order valence-corrected chi connectivity index (χ1v) is 7.46. The van der Waals surface area contributed by atoms with Gasteiger partial charge >= 0.3 is 0 Å². The molecule has 1 aliphatic heterocycles. The van der Waals surface area contributed by atoms with E-state index < -0.39 is 0 Å². The Balaban J connectivity index is 2.09. The summed E-state index contributed by atoms with van der Waals surface area (Å²) < 4.78 is 1.78. The van der Waals surface area contributed by atoms with E-state index in [1.165, 1.54) is 19.3 Å². The summed E-state index contributed by atoms with van der Waals surface area (Å²) in [6.07, 6.45) is 5.55. The van der Waals surface area contributed by atoms with Crippen LogP contribution in [0.5, 0.6) is 0 Å². The third-order valence-corrected chi connectivity index (χ3v) is 4.57. The van der Waals surface area contributed by atoms with Crippen LogP contribution in [0.15, 0.2) is 6.20 Å². The minimum atomic E-state index is 0.272. The van der Waals surface area contributed by atoms with Gasteiger partial charge in [0, 0.05) is 44.5 Å². The third-order valence-electron chi connectivity index (χ3n) is 4.57. The Morgan fingerprint density at radius 3 is 2.63 bits per heavy atom. The Morgan fingerprint density at radius 1 is 1.37 bits per heavy atom. The molecule has 0 aliphatic carbocycles. The third kappa shape index (κ3) is 3.15. The SMILES string of the molecule is CCC1CNC(CC)(CC)CN1Cc1cn(C)nn1. The molecule has 5 heteroatoms. The maximum atomic E-state index is 4.23. The van der Waals surface area contributed by atoms with Gasteiger partial charge in [0.05, 0.1) is 5.69 Å². The predicted octanol–water partition coefficient (Wildman–Crippen LogP) is 1.56. The quantitative estimate of drug-likeness (QED) is 0.877. The molecule has 0 radical (unpaired) electrons. The van der Waals surface area contributed by atoms with Crippen LogP contribution in [0.2, 0.25) is 0 Å². The fourth-order valence-corrected chi connectivity index (χ4v) is 3.02. The van der Waals surface area contributed by atoms with Crippen LogP contribution in [0.1, 0.15) is 45.7 Å². The standard InChI is InChI=1S/C14H27N5/c1-5-13-8-15-14(6-2,7-3)11-19(13)10-12-9-18(4)17-16-12/h9,13,15H,5-8,10-11H2,1-4H3. The number of nitrogens with one attached hydrogen (secondary N) is 1. The normalized spacial score (nSPS) is 23.7. The Morgan fingerprint density at radius 2 is 2.11 bits per heavy atom. The Labute approximate surface area is 116 Å². The zero-order chi connectivity index (χ0) is 13.9. The van der Waals surface area contributed by atoms with Gasteiger partial charge in [-0.1, -0.05) is 26.0 Å². The Hall–Kier alpha value is -0.940. The van der Waals surface area contributed by atoms with Crippen molar-refractivity contribution in [2.45, 2.75) is 58.2 Å². The average Bonchev–Trinajstić information content (AvgIpc) is 2.84. The van der Waals surface area contributed by atoms with E-state index in [0.717, 1.165) is 25.3 Å². The summed E-state index contributed by atoms with van der Waals surface area (Å²) in [5.41, 5.74) is 1.34. The summed E-state index contributed by atoms with van der Waals surface area (Å²) in [6, 6.07) is 0.605. The second-order valence-electron chi connectivity index (χ2n) is 5.72. The molecule has 0 aromatic carbocycles. The highest BCUT2D eigenvalue weighted by Gasteiger charge is 2.36. The lowest BCUT2D eigenvalue weighted by atomic mass is 9.88. The number of hydrogen-bond donors (Lipinski definition) is 1. The molecule has 2 heterocycles. The maximum absolute atomic E-state index is 4.23. The number of piperazine rings is 1. The van der Waals surface area contributed by atoms with Crippen LogP contribution in [-0.2, 0) is 13.6 Å². The minimum Gasteiger partial charge on any atom is -0.308 e. The van der Waals surface area contributed by atoms with Gasteiger partial charge in [-0.2, -0.15) is 0 Å². The van der Waals surface area contributed by atoms with Crippen molar-refractivity contribution in [1.82, 2.24) is 25.2 Å². The van der Waals surface area contributed by atoms with Crippen molar-refractivity contribution in [3.8, 4) is 0 Å². The number of aryl methyl sites for hydroxylation is 1. The number of nitrogens with zero attached hydrogens (tertiary/aromatic N) is 4. The van der Waals surface area contributed by atoms with E-state index in [9.17, 15) is 0 Å². The zero-order valence-corrected chi connectivity index (χ0v) is 12.7. The molecule has 1 unspecified atom stereocenters. The summed E-state index contributed by atoms with van der Waals surface area (Å²) in [5.74, 6) is 0. The molecule has 1 N–H and O–H groups in total. The van der Waals surface area contributed by atoms with E-state index in [4.69, 9.17) is 0 Å². The first-order chi connectivity index (χ1) is 9.12. The molecule has 1 aliphatic rings. The molecule has 1 aromatic heterocycles. The van der Waals surface area contributed by atoms with Crippen LogP contribution < -0.4 is 5.32 Å². The van der Waals surface area contributed by atoms with Crippen molar-refractivity contribution in [2.75, 3.05) is 13.1 Å². The van der Waals surface area contributed by atoms with Crippen LogP contribution in [0.25, 0.3) is 0 Å². The van der Waals surface area contributed by atoms with Gasteiger partial charge in [0.25, 0.3) is 0 Å². The van der Waals surface area contributed by atoms with Crippen molar-refractivity contribution < 1.29 is 0 Å². The van der Waals surface area contributed by atoms with Crippen molar-refractivity contribution in [3.05, 3.63) is 11.9 Å². The topological polar surface area (TPSA) is 46.0 Å². The van der Waals surface area contributed by atoms with E-state index in [2.05, 4.69) is 41.3 Å². The van der Waals surface area contributed by atoms with Gasteiger partial charge in [-0.25, -0.2) is 0 Å². The lowest BCUT2D eigenvalue weighted by molar-refractivity contribution is 0.0633. The molecule has 0 spiro atoms. The zero-order valence-electron chi connectivity index (χ0n) is 12.7.